The summed E-state index contributed by atoms with van der Waals surface area (Å²) in [5.74, 6) is -0.719. The molecule has 1 aromatic carbocycles. The molecule has 2 aromatic heterocycles. The quantitative estimate of drug-likeness (QED) is 0.640. The van der Waals surface area contributed by atoms with E-state index in [1.165, 1.54) is 11.3 Å². The number of amides is 2. The van der Waals surface area contributed by atoms with Crippen LogP contribution in [0.5, 0.6) is 0 Å². The Hall–Kier alpha value is -2.25. The number of benzene rings is 1. The Balaban J connectivity index is 1.83. The highest BCUT2D eigenvalue weighted by atomic mass is 79.9. The van der Waals surface area contributed by atoms with Gasteiger partial charge in [-0.3, -0.25) is 25.4 Å². The molecule has 0 aliphatic carbocycles. The Morgan fingerprint density at radius 3 is 2.50 bits per heavy atom. The van der Waals surface area contributed by atoms with Crippen molar-refractivity contribution in [2.24, 2.45) is 0 Å². The van der Waals surface area contributed by atoms with Crippen molar-refractivity contribution < 1.29 is 9.59 Å². The number of halogens is 1. The van der Waals surface area contributed by atoms with Crippen molar-refractivity contribution in [1.29, 1.82) is 0 Å². The molecule has 0 aliphatic rings. The highest BCUT2D eigenvalue weighted by Gasteiger charge is 2.14. The van der Waals surface area contributed by atoms with Gasteiger partial charge < -0.3 is 0 Å². The van der Waals surface area contributed by atoms with Crippen molar-refractivity contribution in [3.05, 3.63) is 61.9 Å². The zero-order chi connectivity index (χ0) is 17.3. The molecular weight excluding hydrogens is 390 g/mol. The molecule has 3 aromatic rings. The summed E-state index contributed by atoms with van der Waals surface area (Å²) in [5, 5.41) is 0.716. The fraction of sp³-hybridized carbons (Fsp3) is 0.118. The maximum Gasteiger partial charge on any atom is 0.279 e. The van der Waals surface area contributed by atoms with Crippen molar-refractivity contribution in [3.63, 3.8) is 0 Å². The first-order valence-corrected chi connectivity index (χ1v) is 8.79. The second-order valence-corrected chi connectivity index (χ2v) is 7.49. The number of aryl methyl sites for hydroxylation is 2. The van der Waals surface area contributed by atoms with E-state index in [4.69, 9.17) is 0 Å². The second kappa shape index (κ2) is 6.70. The lowest BCUT2D eigenvalue weighted by atomic mass is 10.1. The lowest BCUT2D eigenvalue weighted by Gasteiger charge is -2.10. The molecule has 2 N–H and O–H groups in total. The number of rotatable bonds is 2. The van der Waals surface area contributed by atoms with Crippen molar-refractivity contribution in [2.45, 2.75) is 13.8 Å². The van der Waals surface area contributed by atoms with Gasteiger partial charge in [-0.2, -0.15) is 0 Å². The summed E-state index contributed by atoms with van der Waals surface area (Å²) in [4.78, 5) is 30.5. The third kappa shape index (κ3) is 3.47. The molecule has 0 atom stereocenters. The molecule has 0 saturated heterocycles. The Labute approximate surface area is 151 Å². The van der Waals surface area contributed by atoms with Crippen molar-refractivity contribution in [3.8, 4) is 0 Å². The summed E-state index contributed by atoms with van der Waals surface area (Å²) in [5.41, 5.74) is 6.84. The van der Waals surface area contributed by atoms with Crippen LogP contribution in [0.1, 0.15) is 30.6 Å². The third-order valence-electron chi connectivity index (χ3n) is 3.40. The van der Waals surface area contributed by atoms with Crippen LogP contribution in [0.25, 0.3) is 10.9 Å². The molecular formula is C17H14BrN3O2S. The summed E-state index contributed by atoms with van der Waals surface area (Å²) >= 11 is 4.77. The first kappa shape index (κ1) is 16.6. The highest BCUT2D eigenvalue weighted by Crippen LogP contribution is 2.22. The summed E-state index contributed by atoms with van der Waals surface area (Å²) in [6, 6.07) is 10.8. The van der Waals surface area contributed by atoms with E-state index in [9.17, 15) is 9.59 Å². The lowest BCUT2D eigenvalue weighted by Crippen LogP contribution is -2.41. The highest BCUT2D eigenvalue weighted by molar-refractivity contribution is 9.10. The van der Waals surface area contributed by atoms with E-state index >= 15 is 0 Å². The molecule has 0 spiro atoms. The number of pyridine rings is 1. The number of hydrogen-bond donors (Lipinski definition) is 2. The van der Waals surface area contributed by atoms with E-state index in [0.717, 1.165) is 20.6 Å². The van der Waals surface area contributed by atoms with E-state index in [2.05, 4.69) is 31.8 Å². The predicted octanol–water partition coefficient (Wildman–Crippen LogP) is 3.75. The zero-order valence-electron chi connectivity index (χ0n) is 13.0. The van der Waals surface area contributed by atoms with E-state index < -0.39 is 0 Å². The number of thiophene rings is 1. The van der Waals surface area contributed by atoms with Gasteiger partial charge in [-0.15, -0.1) is 11.3 Å². The molecule has 3 rings (SSSR count). The van der Waals surface area contributed by atoms with Crippen LogP contribution >= 0.6 is 27.3 Å². The Bertz CT molecular complexity index is 952. The minimum atomic E-state index is -0.384. The van der Waals surface area contributed by atoms with Crippen LogP contribution in [0.4, 0.5) is 0 Å². The Morgan fingerprint density at radius 1 is 1.04 bits per heavy atom. The van der Waals surface area contributed by atoms with Gasteiger partial charge in [-0.05, 0) is 50.2 Å². The molecule has 2 heterocycles. The Kier molecular flexibility index (Phi) is 4.64. The van der Waals surface area contributed by atoms with Gasteiger partial charge in [0.15, 0.2) is 0 Å². The molecule has 0 aliphatic heterocycles. The van der Waals surface area contributed by atoms with Crippen LogP contribution in [0.2, 0.25) is 0 Å². The maximum atomic E-state index is 12.5. The number of fused-ring (bicyclic) bond motifs is 1. The number of hydrogen-bond acceptors (Lipinski definition) is 4. The van der Waals surface area contributed by atoms with Gasteiger partial charge >= 0.3 is 0 Å². The zero-order valence-corrected chi connectivity index (χ0v) is 15.4. The number of carbonyl (C=O) groups excluding carboxylic acids is 2. The normalized spacial score (nSPS) is 10.6. The molecule has 122 valence electrons. The van der Waals surface area contributed by atoms with E-state index in [1.807, 2.05) is 38.1 Å². The maximum absolute atomic E-state index is 12.5. The van der Waals surface area contributed by atoms with Gasteiger partial charge in [-0.25, -0.2) is 0 Å². The summed E-state index contributed by atoms with van der Waals surface area (Å²) in [6.07, 6.45) is 0. The molecule has 24 heavy (non-hydrogen) atoms. The molecule has 0 bridgehead atoms. The number of nitrogens with zero attached hydrogens (tertiary/aromatic N) is 1. The average molecular weight is 404 g/mol. The van der Waals surface area contributed by atoms with Crippen molar-refractivity contribution >= 4 is 50.0 Å². The van der Waals surface area contributed by atoms with Gasteiger partial charge in [0.2, 0.25) is 0 Å². The van der Waals surface area contributed by atoms with Crippen LogP contribution < -0.4 is 10.9 Å². The molecule has 0 unspecified atom stereocenters. The van der Waals surface area contributed by atoms with Crippen molar-refractivity contribution in [1.82, 2.24) is 15.8 Å². The van der Waals surface area contributed by atoms with Gasteiger partial charge in [0.05, 0.1) is 16.0 Å². The summed E-state index contributed by atoms with van der Waals surface area (Å²) < 4.78 is 0.854. The average Bonchev–Trinajstić information content (AvgIpc) is 2.98. The minimum Gasteiger partial charge on any atom is -0.267 e. The standard InChI is InChI=1S/C17H14BrN3O2S/c1-9-7-13(12-8-11(18)4-5-14(12)19-9)16(22)20-21-17(23)15-6-3-10(2)24-15/h3-8H,1-2H3,(H,20,22)(H,21,23). The third-order valence-corrected chi connectivity index (χ3v) is 4.89. The molecule has 0 saturated carbocycles. The van der Waals surface area contributed by atoms with Gasteiger partial charge in [0, 0.05) is 20.4 Å². The summed E-state index contributed by atoms with van der Waals surface area (Å²) in [7, 11) is 0. The second-order valence-electron chi connectivity index (χ2n) is 5.29. The van der Waals surface area contributed by atoms with Gasteiger partial charge in [0.25, 0.3) is 11.8 Å². The number of aromatic nitrogens is 1. The first-order valence-electron chi connectivity index (χ1n) is 7.18. The Morgan fingerprint density at radius 2 is 1.79 bits per heavy atom. The smallest absolute Gasteiger partial charge is 0.267 e. The van der Waals surface area contributed by atoms with Crippen LogP contribution in [-0.2, 0) is 0 Å². The number of carbonyl (C=O) groups is 2. The first-order chi connectivity index (χ1) is 11.4. The monoisotopic (exact) mass is 403 g/mol. The van der Waals surface area contributed by atoms with E-state index in [0.29, 0.717) is 15.8 Å². The van der Waals surface area contributed by atoms with Gasteiger partial charge in [0.1, 0.15) is 0 Å². The predicted molar refractivity (Wildman–Crippen MR) is 98.2 cm³/mol. The van der Waals surface area contributed by atoms with Crippen molar-refractivity contribution in [2.75, 3.05) is 0 Å². The van der Waals surface area contributed by atoms with Gasteiger partial charge in [-0.1, -0.05) is 15.9 Å². The van der Waals surface area contributed by atoms with Crippen LogP contribution in [-0.4, -0.2) is 16.8 Å². The fourth-order valence-electron chi connectivity index (χ4n) is 2.32. The largest absolute Gasteiger partial charge is 0.279 e. The fourth-order valence-corrected chi connectivity index (χ4v) is 3.44. The van der Waals surface area contributed by atoms with E-state index in [-0.39, 0.29) is 11.8 Å². The topological polar surface area (TPSA) is 71.1 Å². The minimum absolute atomic E-state index is 0.335. The molecule has 0 radical (unpaired) electrons. The van der Waals surface area contributed by atoms with Crippen LogP contribution in [0.3, 0.4) is 0 Å². The molecule has 2 amide bonds. The SMILES string of the molecule is Cc1cc(C(=O)NNC(=O)c2ccc(C)s2)c2cc(Br)ccc2n1. The van der Waals surface area contributed by atoms with Crippen LogP contribution in [0, 0.1) is 13.8 Å². The molecule has 0 fully saturated rings. The number of hydrazine groups is 1. The van der Waals surface area contributed by atoms with E-state index in [1.54, 1.807) is 12.1 Å². The van der Waals surface area contributed by atoms with Crippen LogP contribution in [0.15, 0.2) is 40.9 Å². The summed E-state index contributed by atoms with van der Waals surface area (Å²) in [6.45, 7) is 3.75. The molecule has 5 nitrogen and oxygen atoms in total. The number of nitrogens with one attached hydrogen (secondary N) is 2. The molecule has 7 heteroatoms. The lowest BCUT2D eigenvalue weighted by molar-refractivity contribution is 0.0849.